The summed E-state index contributed by atoms with van der Waals surface area (Å²) in [5.41, 5.74) is 1.14. The molecule has 4 heteroatoms. The molecule has 0 spiro atoms. The van der Waals surface area contributed by atoms with Crippen molar-refractivity contribution in [1.82, 2.24) is 5.32 Å². The lowest BCUT2D eigenvalue weighted by Crippen LogP contribution is -2.32. The Hall–Kier alpha value is -0.610. The molecular weight excluding hydrogens is 238 g/mol. The van der Waals surface area contributed by atoms with Gasteiger partial charge in [0.15, 0.2) is 0 Å². The van der Waals surface area contributed by atoms with Gasteiger partial charge in [0.25, 0.3) is 0 Å². The maximum absolute atomic E-state index is 9.58. The Labute approximate surface area is 108 Å². The van der Waals surface area contributed by atoms with Crippen LogP contribution >= 0.6 is 11.6 Å². The van der Waals surface area contributed by atoms with Crippen molar-refractivity contribution in [1.29, 1.82) is 0 Å². The molecule has 0 saturated carbocycles. The number of nitrogens with one attached hydrogen (secondary N) is 1. The van der Waals surface area contributed by atoms with Gasteiger partial charge in [-0.15, -0.1) is 0 Å². The SMILES string of the molecule is CCC(NCC(O)COC)c1cccc(Cl)c1. The summed E-state index contributed by atoms with van der Waals surface area (Å²) >= 11 is 5.96. The number of hydrogen-bond donors (Lipinski definition) is 2. The van der Waals surface area contributed by atoms with E-state index in [0.29, 0.717) is 13.2 Å². The highest BCUT2D eigenvalue weighted by Gasteiger charge is 2.11. The lowest BCUT2D eigenvalue weighted by Gasteiger charge is -2.19. The van der Waals surface area contributed by atoms with Crippen molar-refractivity contribution in [2.45, 2.75) is 25.5 Å². The molecule has 3 nitrogen and oxygen atoms in total. The first-order chi connectivity index (χ1) is 8.17. The number of hydrogen-bond acceptors (Lipinski definition) is 3. The van der Waals surface area contributed by atoms with Gasteiger partial charge in [-0.1, -0.05) is 30.7 Å². The van der Waals surface area contributed by atoms with Crippen LogP contribution in [0.2, 0.25) is 5.02 Å². The second-order valence-electron chi connectivity index (χ2n) is 4.03. The van der Waals surface area contributed by atoms with Crippen LogP contribution in [0.1, 0.15) is 24.9 Å². The number of rotatable bonds is 7. The average molecular weight is 258 g/mol. The van der Waals surface area contributed by atoms with Gasteiger partial charge in [0, 0.05) is 24.7 Å². The van der Waals surface area contributed by atoms with Crippen LogP contribution in [0.25, 0.3) is 0 Å². The minimum absolute atomic E-state index is 0.209. The fourth-order valence-electron chi connectivity index (χ4n) is 1.75. The van der Waals surface area contributed by atoms with Crippen molar-refractivity contribution >= 4 is 11.6 Å². The first-order valence-electron chi connectivity index (χ1n) is 5.83. The summed E-state index contributed by atoms with van der Waals surface area (Å²) in [6.45, 7) is 2.96. The molecule has 0 amide bonds. The molecule has 0 fully saturated rings. The second kappa shape index (κ2) is 7.67. The van der Waals surface area contributed by atoms with Crippen LogP contribution in [0.5, 0.6) is 0 Å². The molecule has 17 heavy (non-hydrogen) atoms. The van der Waals surface area contributed by atoms with E-state index in [1.54, 1.807) is 7.11 Å². The number of methoxy groups -OCH3 is 1. The van der Waals surface area contributed by atoms with Gasteiger partial charge in [0.2, 0.25) is 0 Å². The molecule has 2 atom stereocenters. The molecule has 0 aromatic heterocycles. The third-order valence-corrected chi connectivity index (χ3v) is 2.85. The van der Waals surface area contributed by atoms with E-state index in [9.17, 15) is 5.11 Å². The summed E-state index contributed by atoms with van der Waals surface area (Å²) < 4.78 is 4.88. The van der Waals surface area contributed by atoms with Crippen LogP contribution in [-0.4, -0.2) is 31.5 Å². The Kier molecular flexibility index (Phi) is 6.52. The molecule has 2 unspecified atom stereocenters. The molecule has 0 aliphatic carbocycles. The van der Waals surface area contributed by atoms with Gasteiger partial charge < -0.3 is 15.2 Å². The quantitative estimate of drug-likeness (QED) is 0.788. The van der Waals surface area contributed by atoms with E-state index in [2.05, 4.69) is 12.2 Å². The number of aliphatic hydroxyl groups is 1. The maximum Gasteiger partial charge on any atom is 0.0897 e. The topological polar surface area (TPSA) is 41.5 Å². The zero-order valence-corrected chi connectivity index (χ0v) is 11.1. The normalized spacial score (nSPS) is 14.6. The van der Waals surface area contributed by atoms with E-state index in [1.807, 2.05) is 24.3 Å². The molecule has 0 heterocycles. The zero-order valence-electron chi connectivity index (χ0n) is 10.3. The second-order valence-corrected chi connectivity index (χ2v) is 4.47. The highest BCUT2D eigenvalue weighted by molar-refractivity contribution is 6.30. The largest absolute Gasteiger partial charge is 0.389 e. The molecule has 0 saturated heterocycles. The predicted octanol–water partition coefficient (Wildman–Crippen LogP) is 2.39. The Morgan fingerprint density at radius 1 is 1.47 bits per heavy atom. The molecule has 1 aromatic rings. The van der Waals surface area contributed by atoms with E-state index in [1.165, 1.54) is 0 Å². The Balaban J connectivity index is 2.54. The van der Waals surface area contributed by atoms with Crippen molar-refractivity contribution in [3.05, 3.63) is 34.9 Å². The summed E-state index contributed by atoms with van der Waals surface area (Å²) in [5, 5.41) is 13.6. The number of benzene rings is 1. The lowest BCUT2D eigenvalue weighted by molar-refractivity contribution is 0.0626. The van der Waals surface area contributed by atoms with Gasteiger partial charge in [-0.3, -0.25) is 0 Å². The van der Waals surface area contributed by atoms with Crippen LogP contribution in [0.15, 0.2) is 24.3 Å². The molecule has 1 aromatic carbocycles. The number of ether oxygens (including phenoxy) is 1. The smallest absolute Gasteiger partial charge is 0.0897 e. The highest BCUT2D eigenvalue weighted by Crippen LogP contribution is 2.20. The van der Waals surface area contributed by atoms with Crippen LogP contribution < -0.4 is 5.32 Å². The monoisotopic (exact) mass is 257 g/mol. The summed E-state index contributed by atoms with van der Waals surface area (Å²) in [6.07, 6.45) is 0.466. The molecule has 0 bridgehead atoms. The molecule has 1 rings (SSSR count). The van der Waals surface area contributed by atoms with Crippen molar-refractivity contribution in [2.75, 3.05) is 20.3 Å². The third-order valence-electron chi connectivity index (χ3n) is 2.62. The summed E-state index contributed by atoms with van der Waals surface area (Å²) in [6, 6.07) is 7.99. The van der Waals surface area contributed by atoms with Crippen LogP contribution in [0, 0.1) is 0 Å². The molecule has 0 radical (unpaired) electrons. The van der Waals surface area contributed by atoms with Crippen molar-refractivity contribution in [3.63, 3.8) is 0 Å². The number of halogens is 1. The molecule has 0 aliphatic rings. The molecule has 0 aliphatic heterocycles. The van der Waals surface area contributed by atoms with Crippen LogP contribution in [-0.2, 0) is 4.74 Å². The molecule has 2 N–H and O–H groups in total. The fraction of sp³-hybridized carbons (Fsp3) is 0.538. The first kappa shape index (κ1) is 14.5. The highest BCUT2D eigenvalue weighted by atomic mass is 35.5. The van der Waals surface area contributed by atoms with Crippen LogP contribution in [0.4, 0.5) is 0 Å². The van der Waals surface area contributed by atoms with Crippen molar-refractivity contribution in [3.8, 4) is 0 Å². The molecular formula is C13H20ClNO2. The standard InChI is InChI=1S/C13H20ClNO2/c1-3-13(15-8-12(16)9-17-2)10-5-4-6-11(14)7-10/h4-7,12-13,15-16H,3,8-9H2,1-2H3. The summed E-state index contributed by atoms with van der Waals surface area (Å²) in [4.78, 5) is 0. The van der Waals surface area contributed by atoms with Crippen LogP contribution in [0.3, 0.4) is 0 Å². The van der Waals surface area contributed by atoms with E-state index < -0.39 is 6.10 Å². The fourth-order valence-corrected chi connectivity index (χ4v) is 1.95. The Morgan fingerprint density at radius 3 is 2.82 bits per heavy atom. The van der Waals surface area contributed by atoms with Gasteiger partial charge in [-0.05, 0) is 24.1 Å². The van der Waals surface area contributed by atoms with Gasteiger partial charge in [-0.25, -0.2) is 0 Å². The first-order valence-corrected chi connectivity index (χ1v) is 6.21. The minimum Gasteiger partial charge on any atom is -0.389 e. The minimum atomic E-state index is -0.478. The van der Waals surface area contributed by atoms with Gasteiger partial charge in [0.05, 0.1) is 12.7 Å². The maximum atomic E-state index is 9.58. The average Bonchev–Trinajstić information content (AvgIpc) is 2.30. The van der Waals surface area contributed by atoms with E-state index in [0.717, 1.165) is 17.0 Å². The van der Waals surface area contributed by atoms with Gasteiger partial charge in [0.1, 0.15) is 0 Å². The van der Waals surface area contributed by atoms with E-state index in [-0.39, 0.29) is 6.04 Å². The van der Waals surface area contributed by atoms with Crippen molar-refractivity contribution < 1.29 is 9.84 Å². The number of aliphatic hydroxyl groups excluding tert-OH is 1. The summed E-state index contributed by atoms with van der Waals surface area (Å²) in [7, 11) is 1.58. The van der Waals surface area contributed by atoms with Gasteiger partial charge in [-0.2, -0.15) is 0 Å². The zero-order chi connectivity index (χ0) is 12.7. The Morgan fingerprint density at radius 2 is 2.24 bits per heavy atom. The third kappa shape index (κ3) is 5.04. The molecule has 96 valence electrons. The van der Waals surface area contributed by atoms with E-state index in [4.69, 9.17) is 16.3 Å². The van der Waals surface area contributed by atoms with Gasteiger partial charge >= 0.3 is 0 Å². The Bertz CT molecular complexity index is 333. The predicted molar refractivity (Wildman–Crippen MR) is 70.4 cm³/mol. The van der Waals surface area contributed by atoms with Crippen molar-refractivity contribution in [2.24, 2.45) is 0 Å². The summed E-state index contributed by atoms with van der Waals surface area (Å²) in [5.74, 6) is 0. The van der Waals surface area contributed by atoms with E-state index >= 15 is 0 Å². The lowest BCUT2D eigenvalue weighted by atomic mass is 10.0.